The Morgan fingerprint density at radius 3 is 2.67 bits per heavy atom. The van der Waals surface area contributed by atoms with Crippen molar-refractivity contribution >= 4 is 0 Å². The minimum absolute atomic E-state index is 0.175. The molecule has 1 unspecified atom stereocenters. The lowest BCUT2D eigenvalue weighted by Crippen LogP contribution is -2.25. The van der Waals surface area contributed by atoms with E-state index in [9.17, 15) is 0 Å². The zero-order valence-electron chi connectivity index (χ0n) is 11.5. The molecule has 0 bridgehead atoms. The molecule has 0 amide bonds. The monoisotopic (exact) mass is 251 g/mol. The largest absolute Gasteiger partial charge is 0.385 e. The van der Waals surface area contributed by atoms with Crippen LogP contribution in [0.25, 0.3) is 0 Å². The molecule has 1 rings (SSSR count). The number of rotatable bonds is 9. The van der Waals surface area contributed by atoms with E-state index in [0.717, 1.165) is 39.1 Å². The lowest BCUT2D eigenvalue weighted by Gasteiger charge is -2.13. The first-order chi connectivity index (χ1) is 8.74. The molecule has 0 aliphatic carbocycles. The van der Waals surface area contributed by atoms with Crippen molar-refractivity contribution < 1.29 is 9.47 Å². The van der Waals surface area contributed by atoms with Gasteiger partial charge in [0.1, 0.15) is 0 Å². The number of hydrogen-bond donors (Lipinski definition) is 1. The van der Waals surface area contributed by atoms with Gasteiger partial charge >= 0.3 is 0 Å². The second-order valence-corrected chi connectivity index (χ2v) is 4.64. The Morgan fingerprint density at radius 2 is 1.94 bits per heavy atom. The van der Waals surface area contributed by atoms with Gasteiger partial charge < -0.3 is 15.2 Å². The zero-order valence-corrected chi connectivity index (χ0v) is 11.5. The van der Waals surface area contributed by atoms with Gasteiger partial charge in [-0.05, 0) is 37.3 Å². The van der Waals surface area contributed by atoms with E-state index in [1.807, 2.05) is 0 Å². The Morgan fingerprint density at radius 1 is 1.17 bits per heavy atom. The van der Waals surface area contributed by atoms with Crippen LogP contribution in [0.5, 0.6) is 0 Å². The van der Waals surface area contributed by atoms with Crippen LogP contribution in [0.4, 0.5) is 0 Å². The third-order valence-corrected chi connectivity index (χ3v) is 3.01. The molecule has 0 saturated carbocycles. The van der Waals surface area contributed by atoms with E-state index in [2.05, 4.69) is 31.2 Å². The van der Waals surface area contributed by atoms with Gasteiger partial charge in [0.2, 0.25) is 0 Å². The van der Waals surface area contributed by atoms with E-state index < -0.39 is 0 Å². The van der Waals surface area contributed by atoms with Gasteiger partial charge in [-0.15, -0.1) is 0 Å². The van der Waals surface area contributed by atoms with Gasteiger partial charge in [0, 0.05) is 33.0 Å². The van der Waals surface area contributed by atoms with Crippen LogP contribution in [0.1, 0.15) is 24.0 Å². The van der Waals surface area contributed by atoms with E-state index in [4.69, 9.17) is 15.2 Å². The van der Waals surface area contributed by atoms with E-state index in [-0.39, 0.29) is 6.04 Å². The van der Waals surface area contributed by atoms with Crippen molar-refractivity contribution in [2.75, 3.05) is 26.9 Å². The van der Waals surface area contributed by atoms with E-state index >= 15 is 0 Å². The molecule has 0 saturated heterocycles. The van der Waals surface area contributed by atoms with Gasteiger partial charge in [0.05, 0.1) is 0 Å². The maximum atomic E-state index is 6.11. The summed E-state index contributed by atoms with van der Waals surface area (Å²) in [7, 11) is 1.71. The summed E-state index contributed by atoms with van der Waals surface area (Å²) in [5.74, 6) is 0. The van der Waals surface area contributed by atoms with Gasteiger partial charge in [0.25, 0.3) is 0 Å². The molecule has 0 fully saturated rings. The molecule has 1 atom stereocenters. The van der Waals surface area contributed by atoms with Gasteiger partial charge in [-0.2, -0.15) is 0 Å². The van der Waals surface area contributed by atoms with Crippen LogP contribution < -0.4 is 5.73 Å². The lowest BCUT2D eigenvalue weighted by atomic mass is 10.0. The molecule has 1 aromatic rings. The zero-order chi connectivity index (χ0) is 13.2. The molecule has 2 N–H and O–H groups in total. The number of ether oxygens (including phenoxy) is 2. The third-order valence-electron chi connectivity index (χ3n) is 3.01. The van der Waals surface area contributed by atoms with Crippen molar-refractivity contribution in [3.63, 3.8) is 0 Å². The first kappa shape index (κ1) is 15.2. The fourth-order valence-electron chi connectivity index (χ4n) is 1.87. The summed E-state index contributed by atoms with van der Waals surface area (Å²) >= 11 is 0. The average Bonchev–Trinajstić information content (AvgIpc) is 2.36. The highest BCUT2D eigenvalue weighted by atomic mass is 16.5. The second kappa shape index (κ2) is 9.09. The van der Waals surface area contributed by atoms with Crippen LogP contribution in [0.3, 0.4) is 0 Å². The topological polar surface area (TPSA) is 44.5 Å². The molecule has 3 nitrogen and oxygen atoms in total. The molecule has 102 valence electrons. The number of nitrogens with two attached hydrogens (primary N) is 1. The number of hydrogen-bond acceptors (Lipinski definition) is 3. The van der Waals surface area contributed by atoms with Crippen LogP contribution in [-0.4, -0.2) is 33.0 Å². The maximum Gasteiger partial charge on any atom is 0.0487 e. The molecule has 18 heavy (non-hydrogen) atoms. The molecular weight excluding hydrogens is 226 g/mol. The Labute approximate surface area is 110 Å². The predicted molar refractivity (Wildman–Crippen MR) is 74.8 cm³/mol. The molecule has 0 aliphatic heterocycles. The van der Waals surface area contributed by atoms with Crippen molar-refractivity contribution in [1.82, 2.24) is 0 Å². The summed E-state index contributed by atoms with van der Waals surface area (Å²) in [5.41, 5.74) is 8.76. The molecule has 3 heteroatoms. The summed E-state index contributed by atoms with van der Waals surface area (Å²) in [4.78, 5) is 0. The predicted octanol–water partition coefficient (Wildman–Crippen LogP) is 2.31. The van der Waals surface area contributed by atoms with Crippen LogP contribution >= 0.6 is 0 Å². The molecule has 0 aromatic heterocycles. The SMILES string of the molecule is COCCCOCCC(N)Cc1ccccc1C. The lowest BCUT2D eigenvalue weighted by molar-refractivity contribution is 0.0984. The van der Waals surface area contributed by atoms with E-state index in [0.29, 0.717) is 0 Å². The highest BCUT2D eigenvalue weighted by molar-refractivity contribution is 5.26. The van der Waals surface area contributed by atoms with Gasteiger partial charge in [-0.25, -0.2) is 0 Å². The number of aryl methyl sites for hydroxylation is 1. The first-order valence-corrected chi connectivity index (χ1v) is 6.61. The molecule has 0 spiro atoms. The summed E-state index contributed by atoms with van der Waals surface area (Å²) in [5, 5.41) is 0. The van der Waals surface area contributed by atoms with Crippen molar-refractivity contribution in [3.8, 4) is 0 Å². The van der Waals surface area contributed by atoms with Crippen molar-refractivity contribution in [2.45, 2.75) is 32.2 Å². The average molecular weight is 251 g/mol. The van der Waals surface area contributed by atoms with E-state index in [1.54, 1.807) is 7.11 Å². The Hall–Kier alpha value is -0.900. The van der Waals surface area contributed by atoms with Crippen molar-refractivity contribution in [3.05, 3.63) is 35.4 Å². The summed E-state index contributed by atoms with van der Waals surface area (Å²) in [6, 6.07) is 8.57. The Bertz CT molecular complexity index is 328. The molecule has 0 heterocycles. The maximum absolute atomic E-state index is 6.11. The van der Waals surface area contributed by atoms with Gasteiger partial charge in [-0.3, -0.25) is 0 Å². The first-order valence-electron chi connectivity index (χ1n) is 6.61. The van der Waals surface area contributed by atoms with Gasteiger partial charge in [0.15, 0.2) is 0 Å². The minimum Gasteiger partial charge on any atom is -0.385 e. The molecule has 0 aliphatic rings. The Balaban J connectivity index is 2.14. The molecule has 1 aromatic carbocycles. The second-order valence-electron chi connectivity index (χ2n) is 4.64. The van der Waals surface area contributed by atoms with E-state index in [1.165, 1.54) is 11.1 Å². The smallest absolute Gasteiger partial charge is 0.0487 e. The third kappa shape index (κ3) is 6.15. The highest BCUT2D eigenvalue weighted by Gasteiger charge is 2.05. The van der Waals surface area contributed by atoms with Crippen LogP contribution in [0.2, 0.25) is 0 Å². The summed E-state index contributed by atoms with van der Waals surface area (Å²) < 4.78 is 10.5. The highest BCUT2D eigenvalue weighted by Crippen LogP contribution is 2.10. The van der Waals surface area contributed by atoms with Gasteiger partial charge in [-0.1, -0.05) is 24.3 Å². The fraction of sp³-hybridized carbons (Fsp3) is 0.600. The minimum atomic E-state index is 0.175. The van der Waals surface area contributed by atoms with Crippen LogP contribution in [0, 0.1) is 6.92 Å². The van der Waals surface area contributed by atoms with Crippen LogP contribution in [-0.2, 0) is 15.9 Å². The normalized spacial score (nSPS) is 12.6. The number of methoxy groups -OCH3 is 1. The molecule has 0 radical (unpaired) electrons. The van der Waals surface area contributed by atoms with Crippen molar-refractivity contribution in [2.24, 2.45) is 5.73 Å². The quantitative estimate of drug-likeness (QED) is 0.685. The molecular formula is C15H25NO2. The summed E-state index contributed by atoms with van der Waals surface area (Å²) in [6.45, 7) is 4.38. The number of benzene rings is 1. The standard InChI is InChI=1S/C15H25NO2/c1-13-6-3-4-7-14(13)12-15(16)8-11-18-10-5-9-17-2/h3-4,6-7,15H,5,8-12,16H2,1-2H3. The van der Waals surface area contributed by atoms with Crippen LogP contribution in [0.15, 0.2) is 24.3 Å². The Kier molecular flexibility index (Phi) is 7.65. The fourth-order valence-corrected chi connectivity index (χ4v) is 1.87. The van der Waals surface area contributed by atoms with Crippen molar-refractivity contribution in [1.29, 1.82) is 0 Å². The summed E-state index contributed by atoms with van der Waals surface area (Å²) in [6.07, 6.45) is 2.78.